The molecular weight excluding hydrogens is 654 g/mol. The fourth-order valence-electron chi connectivity index (χ4n) is 4.56. The van der Waals surface area contributed by atoms with Crippen molar-refractivity contribution in [3.05, 3.63) is 57.8 Å². The molecule has 1 saturated heterocycles. The molecule has 2 amide bonds. The van der Waals surface area contributed by atoms with Gasteiger partial charge in [0.25, 0.3) is 5.91 Å². The minimum absolute atomic E-state index is 0.00724. The van der Waals surface area contributed by atoms with Crippen LogP contribution in [0.5, 0.6) is 0 Å². The quantitative estimate of drug-likeness (QED) is 0.211. The van der Waals surface area contributed by atoms with Gasteiger partial charge in [0.1, 0.15) is 22.8 Å². The second-order valence-electron chi connectivity index (χ2n) is 12.5. The van der Waals surface area contributed by atoms with Gasteiger partial charge in [0, 0.05) is 30.2 Å². The maximum Gasteiger partial charge on any atom is 0.419 e. The number of pyridine rings is 1. The minimum Gasteiger partial charge on any atom is -0.460 e. The summed E-state index contributed by atoms with van der Waals surface area (Å²) in [6, 6.07) is 3.50. The summed E-state index contributed by atoms with van der Waals surface area (Å²) >= 11 is 7.42. The lowest BCUT2D eigenvalue weighted by Crippen LogP contribution is -2.46. The Labute approximate surface area is 271 Å². The van der Waals surface area contributed by atoms with Gasteiger partial charge in [-0.3, -0.25) is 14.9 Å². The molecule has 46 heavy (non-hydrogen) atoms. The summed E-state index contributed by atoms with van der Waals surface area (Å²) in [5, 5.41) is 6.64. The number of halogens is 5. The molecule has 0 spiro atoms. The molecule has 4 rings (SSSR count). The van der Waals surface area contributed by atoms with E-state index in [0.29, 0.717) is 6.07 Å². The smallest absolute Gasteiger partial charge is 0.419 e. The summed E-state index contributed by atoms with van der Waals surface area (Å²) in [5.41, 5.74) is -3.38. The van der Waals surface area contributed by atoms with E-state index in [2.05, 4.69) is 20.6 Å². The largest absolute Gasteiger partial charge is 0.460 e. The summed E-state index contributed by atoms with van der Waals surface area (Å²) in [7, 11) is 0. The molecule has 3 aromatic rings. The Kier molecular flexibility index (Phi) is 9.88. The molecule has 0 saturated carbocycles. The van der Waals surface area contributed by atoms with Gasteiger partial charge in [0.05, 0.1) is 33.8 Å². The lowest BCUT2D eigenvalue weighted by molar-refractivity contribution is -0.159. The number of aromatic nitrogens is 2. The van der Waals surface area contributed by atoms with E-state index >= 15 is 0 Å². The van der Waals surface area contributed by atoms with Gasteiger partial charge in [-0.05, 0) is 59.7 Å². The Bertz CT molecular complexity index is 1640. The maximum absolute atomic E-state index is 14.6. The zero-order valence-electron chi connectivity index (χ0n) is 25.7. The highest BCUT2D eigenvalue weighted by atomic mass is 35.5. The number of rotatable bonds is 6. The van der Waals surface area contributed by atoms with Crippen molar-refractivity contribution < 1.29 is 41.4 Å². The summed E-state index contributed by atoms with van der Waals surface area (Å²) in [6.45, 7) is 10.6. The number of nitrogens with zero attached hydrogens (tertiary/aromatic N) is 3. The number of carbonyl (C=O) groups is 3. The first-order valence-corrected chi connectivity index (χ1v) is 15.2. The van der Waals surface area contributed by atoms with Crippen molar-refractivity contribution in [2.45, 2.75) is 65.0 Å². The number of esters is 1. The summed E-state index contributed by atoms with van der Waals surface area (Å²) in [6.07, 6.45) is -4.35. The molecule has 248 valence electrons. The summed E-state index contributed by atoms with van der Waals surface area (Å²) in [4.78, 5) is 48.6. The number of anilines is 2. The molecule has 10 nitrogen and oxygen atoms in total. The van der Waals surface area contributed by atoms with E-state index in [4.69, 9.17) is 21.1 Å². The maximum atomic E-state index is 14.6. The van der Waals surface area contributed by atoms with Gasteiger partial charge in [0.15, 0.2) is 5.13 Å². The van der Waals surface area contributed by atoms with Gasteiger partial charge in [-0.15, -0.1) is 11.3 Å². The molecule has 0 unspecified atom stereocenters. The van der Waals surface area contributed by atoms with Crippen LogP contribution >= 0.6 is 22.9 Å². The number of hydrogen-bond donors (Lipinski definition) is 2. The predicted molar refractivity (Wildman–Crippen MR) is 164 cm³/mol. The number of nitrogens with one attached hydrogen (secondary N) is 2. The number of hydrogen-bond acceptors (Lipinski definition) is 9. The number of alkyl halides is 3. The highest BCUT2D eigenvalue weighted by Crippen LogP contribution is 2.36. The van der Waals surface area contributed by atoms with Gasteiger partial charge in [-0.25, -0.2) is 19.2 Å². The second kappa shape index (κ2) is 13.0. The van der Waals surface area contributed by atoms with E-state index in [1.165, 1.54) is 17.6 Å². The number of carbonyl (C=O) groups excluding carboxylic acids is 3. The van der Waals surface area contributed by atoms with Crippen molar-refractivity contribution in [2.75, 3.05) is 23.3 Å². The number of ether oxygens (including phenoxy) is 2. The molecule has 1 aromatic carbocycles. The van der Waals surface area contributed by atoms with Crippen LogP contribution in [0.4, 0.5) is 33.3 Å². The van der Waals surface area contributed by atoms with Gasteiger partial charge in [-0.2, -0.15) is 13.2 Å². The number of amides is 2. The standard InChI is InChI=1S/C30H32ClF4N5O5S/c1-28(2,3)44-25(42)17-12-40(13-20(17)38-27(43)45-29(4,5)6)23-19(31)10-15(11-36-23)24(41)39-26-37-21(14-46-26)16-8-7-9-18(22(16)32)30(33,34)35/h7-11,14,17,20H,12-13H2,1-6H3,(H,38,43)(H,37,39,41)/t17-,20+/m1/s1. The Morgan fingerprint density at radius 1 is 1.04 bits per heavy atom. The van der Waals surface area contributed by atoms with Crippen molar-refractivity contribution in [1.82, 2.24) is 15.3 Å². The van der Waals surface area contributed by atoms with E-state index in [1.807, 2.05) is 0 Å². The highest BCUT2D eigenvalue weighted by Gasteiger charge is 2.42. The minimum atomic E-state index is -4.88. The molecule has 0 radical (unpaired) electrons. The van der Waals surface area contributed by atoms with Crippen LogP contribution < -0.4 is 15.5 Å². The van der Waals surface area contributed by atoms with Gasteiger partial charge in [0.2, 0.25) is 0 Å². The third-order valence-corrected chi connectivity index (χ3v) is 7.46. The first-order chi connectivity index (χ1) is 21.2. The van der Waals surface area contributed by atoms with Crippen molar-refractivity contribution in [1.29, 1.82) is 0 Å². The fraction of sp³-hybridized carbons (Fsp3) is 0.433. The fourth-order valence-corrected chi connectivity index (χ4v) is 5.55. The van der Waals surface area contributed by atoms with Crippen LogP contribution in [0, 0.1) is 11.7 Å². The third kappa shape index (κ3) is 8.63. The molecule has 1 aliphatic rings. The predicted octanol–water partition coefficient (Wildman–Crippen LogP) is 6.94. The second-order valence-corrected chi connectivity index (χ2v) is 13.7. The van der Waals surface area contributed by atoms with Crippen molar-refractivity contribution >= 4 is 51.9 Å². The first kappa shape index (κ1) is 34.9. The zero-order valence-corrected chi connectivity index (χ0v) is 27.3. The number of alkyl carbamates (subject to hydrolysis) is 1. The van der Waals surface area contributed by atoms with E-state index in [1.54, 1.807) is 46.4 Å². The lowest BCUT2D eigenvalue weighted by atomic mass is 10.0. The number of thiazole rings is 1. The molecule has 1 aliphatic heterocycles. The third-order valence-electron chi connectivity index (χ3n) is 6.42. The molecule has 2 atom stereocenters. The SMILES string of the molecule is CC(C)(C)OC(=O)N[C@H]1CN(c2ncc(C(=O)Nc3nc(-c4cccc(C(F)(F)F)c4F)cs3)cc2Cl)C[C@H]1C(=O)OC(C)(C)C. The lowest BCUT2D eigenvalue weighted by Gasteiger charge is -2.26. The van der Waals surface area contributed by atoms with Crippen molar-refractivity contribution in [3.63, 3.8) is 0 Å². The molecule has 0 bridgehead atoms. The van der Waals surface area contributed by atoms with Crippen LogP contribution in [0.15, 0.2) is 35.8 Å². The van der Waals surface area contributed by atoms with Crippen molar-refractivity contribution in [2.24, 2.45) is 5.92 Å². The van der Waals surface area contributed by atoms with E-state index in [0.717, 1.165) is 23.5 Å². The molecule has 1 fully saturated rings. The van der Waals surface area contributed by atoms with Crippen LogP contribution in [-0.2, 0) is 20.4 Å². The van der Waals surface area contributed by atoms with Gasteiger partial charge < -0.3 is 19.7 Å². The van der Waals surface area contributed by atoms with E-state index in [-0.39, 0.29) is 45.9 Å². The number of benzene rings is 1. The Morgan fingerprint density at radius 3 is 2.33 bits per heavy atom. The van der Waals surface area contributed by atoms with E-state index in [9.17, 15) is 31.9 Å². The highest BCUT2D eigenvalue weighted by molar-refractivity contribution is 7.14. The topological polar surface area (TPSA) is 123 Å². The van der Waals surface area contributed by atoms with Crippen LogP contribution in [-0.4, -0.2) is 58.3 Å². The molecule has 16 heteroatoms. The van der Waals surface area contributed by atoms with Crippen LogP contribution in [0.25, 0.3) is 11.3 Å². The van der Waals surface area contributed by atoms with Crippen LogP contribution in [0.1, 0.15) is 57.5 Å². The van der Waals surface area contributed by atoms with Gasteiger partial charge >= 0.3 is 18.2 Å². The normalized spacial score (nSPS) is 17.1. The Balaban J connectivity index is 1.49. The summed E-state index contributed by atoms with van der Waals surface area (Å²) < 4.78 is 64.9. The molecule has 2 N–H and O–H groups in total. The zero-order chi connectivity index (χ0) is 34.2. The average Bonchev–Trinajstić information content (AvgIpc) is 3.53. The average molecular weight is 686 g/mol. The van der Waals surface area contributed by atoms with Crippen LogP contribution in [0.3, 0.4) is 0 Å². The van der Waals surface area contributed by atoms with Gasteiger partial charge in [-0.1, -0.05) is 17.7 Å². The first-order valence-electron chi connectivity index (χ1n) is 14.0. The van der Waals surface area contributed by atoms with Crippen LogP contribution in [0.2, 0.25) is 5.02 Å². The molecular formula is C30H32ClF4N5O5S. The van der Waals surface area contributed by atoms with E-state index < -0.39 is 58.7 Å². The monoisotopic (exact) mass is 685 g/mol. The summed E-state index contributed by atoms with van der Waals surface area (Å²) in [5.74, 6) is -3.21. The molecule has 2 aromatic heterocycles. The Hall–Kier alpha value is -3.98. The molecule has 0 aliphatic carbocycles. The Morgan fingerprint density at radius 2 is 1.72 bits per heavy atom. The molecule has 3 heterocycles. The van der Waals surface area contributed by atoms with Crippen molar-refractivity contribution in [3.8, 4) is 11.3 Å².